The number of alkyl halides is 1. The molecule has 0 radical (unpaired) electrons. The summed E-state index contributed by atoms with van der Waals surface area (Å²) >= 11 is 0. The van der Waals surface area contributed by atoms with Gasteiger partial charge in [-0.05, 0) is 48.1 Å². The normalized spacial score (nSPS) is 13.4. The summed E-state index contributed by atoms with van der Waals surface area (Å²) in [7, 11) is 1.66. The molecule has 158 valence electrons. The molecule has 0 N–H and O–H groups in total. The molecule has 2 aliphatic heterocycles. The molecule has 2 aromatic carbocycles. The van der Waals surface area contributed by atoms with Crippen molar-refractivity contribution in [3.05, 3.63) is 42.1 Å². The molecule has 0 atom stereocenters. The third kappa shape index (κ3) is 3.49. The van der Waals surface area contributed by atoms with Crippen LogP contribution in [0.5, 0.6) is 23.0 Å². The molecule has 0 spiro atoms. The van der Waals surface area contributed by atoms with Gasteiger partial charge in [0.15, 0.2) is 35.7 Å². The maximum absolute atomic E-state index is 12.3. The van der Waals surface area contributed by atoms with Crippen molar-refractivity contribution in [2.24, 2.45) is 0 Å². The lowest BCUT2D eigenvalue weighted by molar-refractivity contribution is -0.686. The van der Waals surface area contributed by atoms with Crippen LogP contribution >= 0.6 is 0 Å². The van der Waals surface area contributed by atoms with Crippen molar-refractivity contribution in [2.75, 3.05) is 27.2 Å². The SMILES string of the molecule is COc1c(OCCCC[18F])ccc2cc3[n+](cc12)CCc1cc2c(cc1-3)OCO2.[Cl-]. The Hall–Kier alpha value is -2.73. The smallest absolute Gasteiger partial charge is 0.231 e. The van der Waals surface area contributed by atoms with Crippen LogP contribution < -0.4 is 35.9 Å². The number of pyridine rings is 1. The number of nitrogens with zero attached hydrogens (tertiary/aromatic N) is 1. The van der Waals surface area contributed by atoms with Crippen LogP contribution in [-0.4, -0.2) is 27.2 Å². The van der Waals surface area contributed by atoms with Crippen LogP contribution in [0, 0.1) is 0 Å². The van der Waals surface area contributed by atoms with Crippen LogP contribution in [0.25, 0.3) is 22.0 Å². The summed E-state index contributed by atoms with van der Waals surface area (Å²) in [5, 5.41) is 2.08. The Morgan fingerprint density at radius 3 is 2.73 bits per heavy atom. The van der Waals surface area contributed by atoms with E-state index in [1.165, 1.54) is 11.1 Å². The number of aromatic nitrogens is 1. The first-order chi connectivity index (χ1) is 14.3. The maximum atomic E-state index is 12.3. The van der Waals surface area contributed by atoms with Gasteiger partial charge in [-0.2, -0.15) is 4.57 Å². The van der Waals surface area contributed by atoms with Crippen molar-refractivity contribution in [1.29, 1.82) is 0 Å². The molecule has 0 fully saturated rings. The highest BCUT2D eigenvalue weighted by atomic mass is 35.5. The summed E-state index contributed by atoms with van der Waals surface area (Å²) in [6, 6.07) is 10.3. The van der Waals surface area contributed by atoms with E-state index in [0.717, 1.165) is 46.7 Å². The van der Waals surface area contributed by atoms with Gasteiger partial charge < -0.3 is 31.4 Å². The average molecular weight is 431 g/mol. The van der Waals surface area contributed by atoms with Gasteiger partial charge in [0.2, 0.25) is 12.5 Å². The number of hydrogen-bond donors (Lipinski definition) is 0. The average Bonchev–Trinajstić information content (AvgIpc) is 3.21. The Bertz CT molecular complexity index is 1090. The summed E-state index contributed by atoms with van der Waals surface area (Å²) in [4.78, 5) is 0. The molecule has 1 aromatic heterocycles. The molecule has 0 saturated heterocycles. The first kappa shape index (κ1) is 20.5. The second kappa shape index (κ2) is 8.56. The second-order valence-corrected chi connectivity index (χ2v) is 7.31. The van der Waals surface area contributed by atoms with Crippen LogP contribution in [0.2, 0.25) is 0 Å². The Balaban J connectivity index is 0.00000218. The van der Waals surface area contributed by atoms with Crippen molar-refractivity contribution in [3.8, 4) is 34.3 Å². The zero-order chi connectivity index (χ0) is 19.8. The van der Waals surface area contributed by atoms with Crippen molar-refractivity contribution in [1.82, 2.24) is 0 Å². The number of unbranched alkanes of at least 4 members (excludes halogenated alkanes) is 1. The van der Waals surface area contributed by atoms with Gasteiger partial charge in [0.1, 0.15) is 0 Å². The second-order valence-electron chi connectivity index (χ2n) is 7.31. The molecule has 0 saturated carbocycles. The number of halogens is 2. The highest BCUT2D eigenvalue weighted by Gasteiger charge is 2.28. The third-order valence-electron chi connectivity index (χ3n) is 5.57. The molecular weight excluding hydrogens is 408 g/mol. The number of benzene rings is 2. The molecular formula is C23H23ClFNO4. The van der Waals surface area contributed by atoms with E-state index in [1.807, 2.05) is 12.1 Å². The van der Waals surface area contributed by atoms with E-state index >= 15 is 0 Å². The van der Waals surface area contributed by atoms with Gasteiger partial charge in [0.05, 0.1) is 31.3 Å². The Morgan fingerprint density at radius 2 is 1.93 bits per heavy atom. The highest BCUT2D eigenvalue weighted by molar-refractivity contribution is 5.91. The van der Waals surface area contributed by atoms with E-state index in [4.69, 9.17) is 18.9 Å². The standard InChI is InChI=1S/C23H23FNO4.ClH/c1-26-23-18-13-25-8-6-16-11-21-22(29-14-28-21)12-17(16)19(25)10-15(18)4-5-20(23)27-9-3-2-7-24;/h4-5,10-13H,2-3,6-9,14H2,1H3;1H/q+1;/p-1/i24-1;. The third-order valence-corrected chi connectivity index (χ3v) is 5.57. The minimum atomic E-state index is -0.317. The molecule has 5 nitrogen and oxygen atoms in total. The van der Waals surface area contributed by atoms with Crippen molar-refractivity contribution in [3.63, 3.8) is 0 Å². The van der Waals surface area contributed by atoms with E-state index in [9.17, 15) is 4.39 Å². The molecule has 7 heteroatoms. The van der Waals surface area contributed by atoms with E-state index < -0.39 is 0 Å². The molecule has 30 heavy (non-hydrogen) atoms. The molecule has 3 heterocycles. The van der Waals surface area contributed by atoms with Crippen LogP contribution in [-0.2, 0) is 13.0 Å². The minimum Gasteiger partial charge on any atom is -1.00 e. The van der Waals surface area contributed by atoms with Gasteiger partial charge in [0, 0.05) is 12.5 Å². The summed E-state index contributed by atoms with van der Waals surface area (Å²) in [6.07, 6.45) is 4.25. The lowest BCUT2D eigenvalue weighted by atomic mass is 9.95. The van der Waals surface area contributed by atoms with Gasteiger partial charge >= 0.3 is 0 Å². The fourth-order valence-corrected chi connectivity index (χ4v) is 4.10. The quantitative estimate of drug-likeness (QED) is 0.435. The first-order valence-corrected chi connectivity index (χ1v) is 9.94. The molecule has 0 amide bonds. The predicted octanol–water partition coefficient (Wildman–Crippen LogP) is 1.22. The van der Waals surface area contributed by atoms with Crippen LogP contribution in [0.1, 0.15) is 18.4 Å². The summed E-state index contributed by atoms with van der Waals surface area (Å²) in [5.41, 5.74) is 3.59. The van der Waals surface area contributed by atoms with Crippen molar-refractivity contribution >= 4 is 10.8 Å². The van der Waals surface area contributed by atoms with Gasteiger partial charge in [0.25, 0.3) is 0 Å². The molecule has 0 unspecified atom stereocenters. The number of rotatable bonds is 6. The highest BCUT2D eigenvalue weighted by Crippen LogP contribution is 2.41. The van der Waals surface area contributed by atoms with Crippen LogP contribution in [0.4, 0.5) is 4.39 Å². The fraction of sp³-hybridized carbons (Fsp3) is 0.348. The number of methoxy groups -OCH3 is 1. The fourth-order valence-electron chi connectivity index (χ4n) is 4.10. The topological polar surface area (TPSA) is 40.8 Å². The van der Waals surface area contributed by atoms with Crippen molar-refractivity contribution < 1.29 is 40.3 Å². The number of hydrogen-bond acceptors (Lipinski definition) is 4. The van der Waals surface area contributed by atoms with Crippen LogP contribution in [0.3, 0.4) is 0 Å². The number of fused-ring (bicyclic) bond motifs is 5. The number of aryl methyl sites for hydroxylation is 2. The van der Waals surface area contributed by atoms with E-state index in [-0.39, 0.29) is 25.9 Å². The predicted molar refractivity (Wildman–Crippen MR) is 107 cm³/mol. The summed E-state index contributed by atoms with van der Waals surface area (Å²) in [6.45, 7) is 1.32. The Morgan fingerprint density at radius 1 is 1.10 bits per heavy atom. The molecule has 0 aliphatic carbocycles. The summed E-state index contributed by atoms with van der Waals surface area (Å²) < 4.78 is 37.2. The Kier molecular flexibility index (Phi) is 5.86. The zero-order valence-electron chi connectivity index (χ0n) is 16.7. The van der Waals surface area contributed by atoms with E-state index in [2.05, 4.69) is 29.0 Å². The van der Waals surface area contributed by atoms with Crippen molar-refractivity contribution in [2.45, 2.75) is 25.8 Å². The lowest BCUT2D eigenvalue weighted by Crippen LogP contribution is -3.00. The molecule has 3 aromatic rings. The van der Waals surface area contributed by atoms with Gasteiger partial charge in [-0.3, -0.25) is 4.39 Å². The largest absolute Gasteiger partial charge is 1.00 e. The summed E-state index contributed by atoms with van der Waals surface area (Å²) in [5.74, 6) is 3.04. The van der Waals surface area contributed by atoms with E-state index in [1.54, 1.807) is 7.11 Å². The maximum Gasteiger partial charge on any atom is 0.231 e. The molecule has 5 rings (SSSR count). The first-order valence-electron chi connectivity index (χ1n) is 9.94. The molecule has 0 bridgehead atoms. The zero-order valence-corrected chi connectivity index (χ0v) is 17.5. The van der Waals surface area contributed by atoms with Gasteiger partial charge in [-0.25, -0.2) is 0 Å². The van der Waals surface area contributed by atoms with Crippen LogP contribution in [0.15, 0.2) is 36.5 Å². The molecule has 2 aliphatic rings. The monoisotopic (exact) mass is 430 g/mol. The minimum absolute atomic E-state index is 0. The Labute approximate surface area is 180 Å². The lowest BCUT2D eigenvalue weighted by Gasteiger charge is -2.17. The van der Waals surface area contributed by atoms with Gasteiger partial charge in [-0.15, -0.1) is 0 Å². The van der Waals surface area contributed by atoms with Gasteiger partial charge in [-0.1, -0.05) is 0 Å². The van der Waals surface area contributed by atoms with E-state index in [0.29, 0.717) is 25.2 Å². The number of ether oxygens (including phenoxy) is 4.